The van der Waals surface area contributed by atoms with Crippen molar-refractivity contribution < 1.29 is 15.0 Å². The number of pyridine rings is 1. The van der Waals surface area contributed by atoms with Gasteiger partial charge in [0.15, 0.2) is 0 Å². The second-order valence-corrected chi connectivity index (χ2v) is 3.28. The Morgan fingerprint density at radius 3 is 2.64 bits per heavy atom. The van der Waals surface area contributed by atoms with Crippen molar-refractivity contribution in [3.8, 4) is 0 Å². The van der Waals surface area contributed by atoms with E-state index >= 15 is 0 Å². The molecule has 1 aromatic heterocycles. The predicted octanol–water partition coefficient (Wildman–Crippen LogP) is 1.14. The first-order valence-corrected chi connectivity index (χ1v) is 4.37. The lowest BCUT2D eigenvalue weighted by molar-refractivity contribution is -0.145. The number of rotatable bonds is 3. The average Bonchev–Trinajstić information content (AvgIpc) is 2.15. The molecule has 0 saturated carbocycles. The summed E-state index contributed by atoms with van der Waals surface area (Å²) in [7, 11) is 0. The van der Waals surface area contributed by atoms with Gasteiger partial charge >= 0.3 is 5.97 Å². The zero-order chi connectivity index (χ0) is 10.7. The van der Waals surface area contributed by atoms with Crippen LogP contribution in [0.2, 0.25) is 0 Å². The zero-order valence-corrected chi connectivity index (χ0v) is 8.14. The van der Waals surface area contributed by atoms with Crippen molar-refractivity contribution in [2.24, 2.45) is 5.92 Å². The minimum absolute atomic E-state index is 0.403. The molecule has 0 fully saturated rings. The van der Waals surface area contributed by atoms with Crippen LogP contribution >= 0.6 is 0 Å². The number of carboxylic acids is 1. The fourth-order valence-corrected chi connectivity index (χ4v) is 1.12. The minimum atomic E-state index is -1.05. The number of aliphatic carboxylic acids is 1. The Morgan fingerprint density at radius 1 is 1.50 bits per heavy atom. The van der Waals surface area contributed by atoms with Crippen LogP contribution in [0.25, 0.3) is 0 Å². The molecule has 0 spiro atoms. The topological polar surface area (TPSA) is 70.4 Å². The van der Waals surface area contributed by atoms with Crippen molar-refractivity contribution in [1.82, 2.24) is 4.98 Å². The number of nitrogens with zero attached hydrogens (tertiary/aromatic N) is 1. The molecule has 1 rings (SSSR count). The average molecular weight is 195 g/mol. The second-order valence-electron chi connectivity index (χ2n) is 3.28. The summed E-state index contributed by atoms with van der Waals surface area (Å²) in [4.78, 5) is 14.7. The molecule has 1 heterocycles. The highest BCUT2D eigenvalue weighted by Crippen LogP contribution is 2.19. The Labute approximate surface area is 82.2 Å². The number of hydrogen-bond acceptors (Lipinski definition) is 3. The maximum atomic E-state index is 10.6. The molecule has 0 radical (unpaired) electrons. The molecule has 14 heavy (non-hydrogen) atoms. The lowest BCUT2D eigenvalue weighted by Gasteiger charge is -2.14. The van der Waals surface area contributed by atoms with Crippen LogP contribution in [0.3, 0.4) is 0 Å². The van der Waals surface area contributed by atoms with E-state index in [4.69, 9.17) is 5.11 Å². The predicted molar refractivity (Wildman–Crippen MR) is 50.7 cm³/mol. The van der Waals surface area contributed by atoms with Gasteiger partial charge in [-0.1, -0.05) is 6.07 Å². The lowest BCUT2D eigenvalue weighted by atomic mass is 10.0. The molecule has 2 N–H and O–H groups in total. The standard InChI is InChI=1S/C10H13NO3/c1-6-4-3-5-8(11-6)9(12)7(2)10(13)14/h3-5,7,9,12H,1-2H3,(H,13,14)/t7-,9+/m0/s1. The maximum absolute atomic E-state index is 10.6. The fraction of sp³-hybridized carbons (Fsp3) is 0.400. The second kappa shape index (κ2) is 4.19. The highest BCUT2D eigenvalue weighted by molar-refractivity contribution is 5.70. The number of aryl methyl sites for hydroxylation is 1. The van der Waals surface area contributed by atoms with E-state index < -0.39 is 18.0 Å². The van der Waals surface area contributed by atoms with Crippen LogP contribution < -0.4 is 0 Å². The van der Waals surface area contributed by atoms with Gasteiger partial charge in [-0.2, -0.15) is 0 Å². The van der Waals surface area contributed by atoms with E-state index in [1.807, 2.05) is 0 Å². The molecule has 0 amide bonds. The third kappa shape index (κ3) is 2.29. The molecule has 1 aromatic rings. The maximum Gasteiger partial charge on any atom is 0.309 e. The molecule has 4 nitrogen and oxygen atoms in total. The Kier molecular flexibility index (Phi) is 3.19. The summed E-state index contributed by atoms with van der Waals surface area (Å²) in [6.45, 7) is 3.25. The van der Waals surface area contributed by atoms with E-state index in [9.17, 15) is 9.90 Å². The first kappa shape index (κ1) is 10.7. The number of hydrogen-bond donors (Lipinski definition) is 2. The molecular weight excluding hydrogens is 182 g/mol. The van der Waals surface area contributed by atoms with Crippen LogP contribution in [0, 0.1) is 12.8 Å². The summed E-state index contributed by atoms with van der Waals surface area (Å²) in [5.41, 5.74) is 1.17. The Hall–Kier alpha value is -1.42. The van der Waals surface area contributed by atoms with E-state index in [2.05, 4.69) is 4.98 Å². The largest absolute Gasteiger partial charge is 0.481 e. The summed E-state index contributed by atoms with van der Waals surface area (Å²) >= 11 is 0. The number of aromatic nitrogens is 1. The van der Waals surface area contributed by atoms with Crippen LogP contribution in [0.15, 0.2) is 18.2 Å². The van der Waals surface area contributed by atoms with Crippen molar-refractivity contribution in [3.63, 3.8) is 0 Å². The number of aliphatic hydroxyl groups is 1. The van der Waals surface area contributed by atoms with Crippen molar-refractivity contribution >= 4 is 5.97 Å². The van der Waals surface area contributed by atoms with Gasteiger partial charge in [0.25, 0.3) is 0 Å². The summed E-state index contributed by atoms with van der Waals surface area (Å²) in [5, 5.41) is 18.3. The minimum Gasteiger partial charge on any atom is -0.481 e. The van der Waals surface area contributed by atoms with E-state index in [0.717, 1.165) is 5.69 Å². The molecular formula is C10H13NO3. The quantitative estimate of drug-likeness (QED) is 0.758. The van der Waals surface area contributed by atoms with Crippen LogP contribution in [0.4, 0.5) is 0 Å². The summed E-state index contributed by atoms with van der Waals surface area (Å²) in [6.07, 6.45) is -1.05. The first-order valence-electron chi connectivity index (χ1n) is 4.37. The molecule has 0 aromatic carbocycles. The third-order valence-electron chi connectivity index (χ3n) is 2.08. The summed E-state index contributed by atoms with van der Waals surface area (Å²) in [6, 6.07) is 5.16. The number of aliphatic hydroxyl groups excluding tert-OH is 1. The fourth-order valence-electron chi connectivity index (χ4n) is 1.12. The Balaban J connectivity index is 2.89. The number of carbonyl (C=O) groups is 1. The van der Waals surface area contributed by atoms with Crippen LogP contribution in [0.1, 0.15) is 24.4 Å². The van der Waals surface area contributed by atoms with Crippen LogP contribution in [0.5, 0.6) is 0 Å². The lowest BCUT2D eigenvalue weighted by Crippen LogP contribution is -2.19. The number of carboxylic acid groups (broad SMARTS) is 1. The zero-order valence-electron chi connectivity index (χ0n) is 8.14. The molecule has 0 unspecified atom stereocenters. The normalized spacial score (nSPS) is 14.8. The van der Waals surface area contributed by atoms with Gasteiger partial charge in [0.05, 0.1) is 11.6 Å². The van der Waals surface area contributed by atoms with Crippen molar-refractivity contribution in [1.29, 1.82) is 0 Å². The van der Waals surface area contributed by atoms with Crippen molar-refractivity contribution in [3.05, 3.63) is 29.6 Å². The molecule has 0 saturated heterocycles. The first-order chi connectivity index (χ1) is 6.52. The van der Waals surface area contributed by atoms with Gasteiger partial charge < -0.3 is 10.2 Å². The molecule has 76 valence electrons. The highest BCUT2D eigenvalue weighted by atomic mass is 16.4. The molecule has 0 bridgehead atoms. The molecule has 0 aliphatic carbocycles. The van der Waals surface area contributed by atoms with E-state index in [-0.39, 0.29) is 0 Å². The van der Waals surface area contributed by atoms with E-state index in [0.29, 0.717) is 5.69 Å². The van der Waals surface area contributed by atoms with E-state index in [1.165, 1.54) is 6.92 Å². The molecule has 0 aliphatic rings. The molecule has 2 atom stereocenters. The molecule has 0 aliphatic heterocycles. The van der Waals surface area contributed by atoms with Gasteiger partial charge in [-0.3, -0.25) is 9.78 Å². The Bertz CT molecular complexity index is 338. The van der Waals surface area contributed by atoms with Crippen LogP contribution in [-0.2, 0) is 4.79 Å². The monoisotopic (exact) mass is 195 g/mol. The Morgan fingerprint density at radius 2 is 2.14 bits per heavy atom. The smallest absolute Gasteiger partial charge is 0.309 e. The van der Waals surface area contributed by atoms with Gasteiger partial charge in [-0.05, 0) is 26.0 Å². The SMILES string of the molecule is Cc1cccc([C@H](O)[C@H](C)C(=O)O)n1. The van der Waals surface area contributed by atoms with Gasteiger partial charge in [-0.25, -0.2) is 0 Å². The molecule has 4 heteroatoms. The van der Waals surface area contributed by atoms with Crippen LogP contribution in [-0.4, -0.2) is 21.2 Å². The van der Waals surface area contributed by atoms with Crippen molar-refractivity contribution in [2.45, 2.75) is 20.0 Å². The van der Waals surface area contributed by atoms with E-state index in [1.54, 1.807) is 25.1 Å². The van der Waals surface area contributed by atoms with Crippen molar-refractivity contribution in [2.75, 3.05) is 0 Å². The summed E-state index contributed by atoms with van der Waals surface area (Å²) < 4.78 is 0. The highest BCUT2D eigenvalue weighted by Gasteiger charge is 2.23. The van der Waals surface area contributed by atoms with Gasteiger partial charge in [0.1, 0.15) is 6.10 Å². The van der Waals surface area contributed by atoms with Gasteiger partial charge in [0, 0.05) is 5.69 Å². The third-order valence-corrected chi connectivity index (χ3v) is 2.08. The summed E-state index contributed by atoms with van der Waals surface area (Å²) in [5.74, 6) is -1.87. The van der Waals surface area contributed by atoms with Gasteiger partial charge in [0.2, 0.25) is 0 Å². The van der Waals surface area contributed by atoms with Gasteiger partial charge in [-0.15, -0.1) is 0 Å².